The molecule has 0 aliphatic heterocycles. The summed E-state index contributed by atoms with van der Waals surface area (Å²) in [6.07, 6.45) is 13.0. The van der Waals surface area contributed by atoms with E-state index in [2.05, 4.69) is 11.7 Å². The molecule has 0 spiro atoms. The van der Waals surface area contributed by atoms with Gasteiger partial charge < -0.3 is 14.2 Å². The van der Waals surface area contributed by atoms with Crippen LogP contribution in [0, 0.1) is 0 Å². The standard InChI is InChI=1S/C21H32O5/c1-2-3-4-5-6-7-8-9-10-11-16-25-19-12-14-20(15-13-19)26-21(23)17-24-18-22/h12-15,18H,2-11,16-17H2,1H3. The van der Waals surface area contributed by atoms with Gasteiger partial charge in [-0.15, -0.1) is 0 Å². The maximum Gasteiger partial charge on any atom is 0.349 e. The van der Waals surface area contributed by atoms with Gasteiger partial charge in [0.05, 0.1) is 6.61 Å². The van der Waals surface area contributed by atoms with Gasteiger partial charge in [-0.25, -0.2) is 4.79 Å². The van der Waals surface area contributed by atoms with Crippen LogP contribution >= 0.6 is 0 Å². The summed E-state index contributed by atoms with van der Waals surface area (Å²) in [7, 11) is 0. The lowest BCUT2D eigenvalue weighted by Crippen LogP contribution is -2.14. The number of hydrogen-bond donors (Lipinski definition) is 0. The highest BCUT2D eigenvalue weighted by atomic mass is 16.6. The maximum absolute atomic E-state index is 11.3. The molecule has 0 amide bonds. The minimum absolute atomic E-state index is 0.214. The van der Waals surface area contributed by atoms with E-state index in [0.29, 0.717) is 12.4 Å². The lowest BCUT2D eigenvalue weighted by atomic mass is 10.1. The first kappa shape index (κ1) is 22.0. The Hall–Kier alpha value is -2.04. The fraction of sp³-hybridized carbons (Fsp3) is 0.619. The zero-order chi connectivity index (χ0) is 18.9. The molecule has 5 nitrogen and oxygen atoms in total. The smallest absolute Gasteiger partial charge is 0.349 e. The molecule has 1 aromatic rings. The van der Waals surface area contributed by atoms with Gasteiger partial charge in [0.15, 0.2) is 6.61 Å². The highest BCUT2D eigenvalue weighted by Crippen LogP contribution is 2.18. The summed E-state index contributed by atoms with van der Waals surface area (Å²) in [6.45, 7) is 2.77. The number of carbonyl (C=O) groups excluding carboxylic acids is 2. The summed E-state index contributed by atoms with van der Waals surface area (Å²) in [5.74, 6) is 0.539. The Morgan fingerprint density at radius 1 is 0.846 bits per heavy atom. The first-order valence-corrected chi connectivity index (χ1v) is 9.75. The van der Waals surface area contributed by atoms with Crippen LogP contribution in [0.2, 0.25) is 0 Å². The van der Waals surface area contributed by atoms with Crippen molar-refractivity contribution in [2.45, 2.75) is 71.1 Å². The van der Waals surface area contributed by atoms with Crippen molar-refractivity contribution >= 4 is 12.4 Å². The summed E-state index contributed by atoms with van der Waals surface area (Å²) in [5, 5.41) is 0. The second-order valence-corrected chi connectivity index (χ2v) is 6.38. The Morgan fingerprint density at radius 2 is 1.38 bits per heavy atom. The van der Waals surface area contributed by atoms with Crippen LogP contribution in [0.25, 0.3) is 0 Å². The van der Waals surface area contributed by atoms with E-state index in [-0.39, 0.29) is 13.1 Å². The second-order valence-electron chi connectivity index (χ2n) is 6.38. The van der Waals surface area contributed by atoms with Crippen molar-refractivity contribution in [3.8, 4) is 11.5 Å². The number of unbranched alkanes of at least 4 members (excludes halogenated alkanes) is 9. The van der Waals surface area contributed by atoms with Gasteiger partial charge in [-0.1, -0.05) is 64.7 Å². The SMILES string of the molecule is CCCCCCCCCCCCOc1ccc(OC(=O)COC=O)cc1. The third-order valence-electron chi connectivity index (χ3n) is 4.09. The molecule has 0 unspecified atom stereocenters. The molecule has 0 atom stereocenters. The second kappa shape index (κ2) is 15.2. The fourth-order valence-corrected chi connectivity index (χ4v) is 2.65. The van der Waals surface area contributed by atoms with Crippen molar-refractivity contribution < 1.29 is 23.8 Å². The molecule has 26 heavy (non-hydrogen) atoms. The Labute approximate surface area is 157 Å². The average molecular weight is 364 g/mol. The average Bonchev–Trinajstić information content (AvgIpc) is 2.65. The lowest BCUT2D eigenvalue weighted by molar-refractivity contribution is -0.145. The highest BCUT2D eigenvalue weighted by Gasteiger charge is 2.05. The van der Waals surface area contributed by atoms with Gasteiger partial charge in [0.1, 0.15) is 11.5 Å². The van der Waals surface area contributed by atoms with Crippen molar-refractivity contribution in [3.63, 3.8) is 0 Å². The monoisotopic (exact) mass is 364 g/mol. The molecule has 0 N–H and O–H groups in total. The normalized spacial score (nSPS) is 10.3. The predicted molar refractivity (Wildman–Crippen MR) is 101 cm³/mol. The van der Waals surface area contributed by atoms with Crippen LogP contribution in [0.1, 0.15) is 71.1 Å². The third-order valence-corrected chi connectivity index (χ3v) is 4.09. The first-order chi connectivity index (χ1) is 12.8. The molecule has 1 aromatic carbocycles. The number of ether oxygens (including phenoxy) is 3. The van der Waals surface area contributed by atoms with Crippen LogP contribution in [-0.4, -0.2) is 25.7 Å². The topological polar surface area (TPSA) is 61.8 Å². The first-order valence-electron chi connectivity index (χ1n) is 9.75. The van der Waals surface area contributed by atoms with Crippen molar-refractivity contribution in [2.24, 2.45) is 0 Å². The van der Waals surface area contributed by atoms with E-state index in [1.54, 1.807) is 24.3 Å². The van der Waals surface area contributed by atoms with E-state index in [9.17, 15) is 9.59 Å². The Morgan fingerprint density at radius 3 is 1.96 bits per heavy atom. The number of esters is 1. The summed E-state index contributed by atoms with van der Waals surface area (Å²) in [5.41, 5.74) is 0. The zero-order valence-corrected chi connectivity index (χ0v) is 15.9. The zero-order valence-electron chi connectivity index (χ0n) is 15.9. The molecule has 1 rings (SSSR count). The minimum atomic E-state index is -0.615. The number of rotatable bonds is 16. The van der Waals surface area contributed by atoms with Crippen LogP contribution in [-0.2, 0) is 14.3 Å². The van der Waals surface area contributed by atoms with Crippen LogP contribution in [0.4, 0.5) is 0 Å². The number of hydrogen-bond acceptors (Lipinski definition) is 5. The summed E-state index contributed by atoms with van der Waals surface area (Å²) >= 11 is 0. The van der Waals surface area contributed by atoms with Gasteiger partial charge in [-0.2, -0.15) is 0 Å². The van der Waals surface area contributed by atoms with Gasteiger partial charge >= 0.3 is 5.97 Å². The molecular weight excluding hydrogens is 332 g/mol. The van der Waals surface area contributed by atoms with Crippen LogP contribution < -0.4 is 9.47 Å². The quantitative estimate of drug-likeness (QED) is 0.177. The Balaban J connectivity index is 2.02. The molecule has 0 saturated heterocycles. The van der Waals surface area contributed by atoms with Crippen LogP contribution in [0.3, 0.4) is 0 Å². The molecule has 0 bridgehead atoms. The number of carbonyl (C=O) groups is 2. The maximum atomic E-state index is 11.3. The van der Waals surface area contributed by atoms with E-state index in [1.165, 1.54) is 57.8 Å². The van der Waals surface area contributed by atoms with E-state index in [1.807, 2.05) is 0 Å². The molecule has 5 heteroatoms. The summed E-state index contributed by atoms with van der Waals surface area (Å²) in [4.78, 5) is 21.3. The fourth-order valence-electron chi connectivity index (χ4n) is 2.65. The minimum Gasteiger partial charge on any atom is -0.494 e. The summed E-state index contributed by atoms with van der Waals surface area (Å²) in [6, 6.07) is 6.85. The largest absolute Gasteiger partial charge is 0.494 e. The molecular formula is C21H32O5. The lowest BCUT2D eigenvalue weighted by Gasteiger charge is -2.08. The van der Waals surface area contributed by atoms with E-state index in [4.69, 9.17) is 9.47 Å². The van der Waals surface area contributed by atoms with E-state index >= 15 is 0 Å². The molecule has 0 radical (unpaired) electrons. The van der Waals surface area contributed by atoms with E-state index in [0.717, 1.165) is 12.2 Å². The van der Waals surface area contributed by atoms with Crippen molar-refractivity contribution in [2.75, 3.05) is 13.2 Å². The highest BCUT2D eigenvalue weighted by molar-refractivity contribution is 5.74. The third kappa shape index (κ3) is 11.5. The van der Waals surface area contributed by atoms with Gasteiger partial charge in [0.2, 0.25) is 0 Å². The molecule has 0 aliphatic carbocycles. The molecule has 0 fully saturated rings. The molecule has 0 heterocycles. The predicted octanol–water partition coefficient (Wildman–Crippen LogP) is 5.06. The van der Waals surface area contributed by atoms with Crippen molar-refractivity contribution in [1.29, 1.82) is 0 Å². The molecule has 0 saturated carbocycles. The van der Waals surface area contributed by atoms with Gasteiger partial charge in [-0.05, 0) is 30.7 Å². The Kier molecular flexibility index (Phi) is 12.9. The van der Waals surface area contributed by atoms with Gasteiger partial charge in [-0.3, -0.25) is 4.79 Å². The van der Waals surface area contributed by atoms with Gasteiger partial charge in [0.25, 0.3) is 6.47 Å². The molecule has 0 aromatic heterocycles. The van der Waals surface area contributed by atoms with Crippen molar-refractivity contribution in [1.82, 2.24) is 0 Å². The van der Waals surface area contributed by atoms with Crippen LogP contribution in [0.5, 0.6) is 11.5 Å². The van der Waals surface area contributed by atoms with E-state index < -0.39 is 5.97 Å². The Bertz CT molecular complexity index is 484. The number of benzene rings is 1. The van der Waals surface area contributed by atoms with Gasteiger partial charge in [0, 0.05) is 0 Å². The molecule has 146 valence electrons. The van der Waals surface area contributed by atoms with Crippen molar-refractivity contribution in [3.05, 3.63) is 24.3 Å². The summed E-state index contributed by atoms with van der Waals surface area (Å²) < 4.78 is 15.0. The molecule has 0 aliphatic rings. The van der Waals surface area contributed by atoms with Crippen LogP contribution in [0.15, 0.2) is 24.3 Å².